The second kappa shape index (κ2) is 9.34. The molecule has 0 saturated heterocycles. The molecular formula is C24H38F6O3. The van der Waals surface area contributed by atoms with Crippen LogP contribution < -0.4 is 0 Å². The first kappa shape index (κ1) is 20.4. The second-order valence-corrected chi connectivity index (χ2v) is 10.4. The van der Waals surface area contributed by atoms with Crippen molar-refractivity contribution in [1.82, 2.24) is 0 Å². The Labute approximate surface area is 200 Å². The molecule has 9 heteroatoms. The molecule has 2 rings (SSSR count). The summed E-state index contributed by atoms with van der Waals surface area (Å²) in [6, 6.07) is 0. The lowest BCUT2D eigenvalue weighted by atomic mass is 9.56. The van der Waals surface area contributed by atoms with Crippen LogP contribution >= 0.6 is 0 Å². The van der Waals surface area contributed by atoms with E-state index in [4.69, 9.17) is 8.22 Å². The fraction of sp³-hybridized carbons (Fsp3) is 0.917. The first-order chi connectivity index (χ1) is 17.3. The molecule has 5 atom stereocenters. The first-order valence-electron chi connectivity index (χ1n) is 14.2. The summed E-state index contributed by atoms with van der Waals surface area (Å²) < 4.78 is 125. The number of rotatable bonds is 8. The third kappa shape index (κ3) is 5.89. The molecular weight excluding hydrogens is 450 g/mol. The maximum Gasteiger partial charge on any atom is 0.429 e. The van der Waals surface area contributed by atoms with E-state index in [1.807, 2.05) is 6.92 Å². The van der Waals surface area contributed by atoms with Crippen molar-refractivity contribution < 1.29 is 49.9 Å². The molecule has 2 aliphatic carbocycles. The van der Waals surface area contributed by atoms with Crippen molar-refractivity contribution in [3.8, 4) is 0 Å². The fourth-order valence-corrected chi connectivity index (χ4v) is 6.31. The standard InChI is InChI=1S/C24H38F6O3/c1-19(2,32)11-6-12-20(3,13-7-15-22(33,23(25,26)27)24(28,29)30)18-10-9-16-17(31)8-5-14-21(16,18)4/h7,15-18,31-33H,5-6,8-14H2,1-4H3/b15-7-/t16?,17-,18+,20+,21-/m0/s1/i1D3,2D3. The Morgan fingerprint density at radius 2 is 1.61 bits per heavy atom. The van der Waals surface area contributed by atoms with Gasteiger partial charge in [-0.2, -0.15) is 26.3 Å². The van der Waals surface area contributed by atoms with Gasteiger partial charge in [0, 0.05) is 8.22 Å². The van der Waals surface area contributed by atoms with Crippen molar-refractivity contribution in [2.75, 3.05) is 0 Å². The zero-order chi connectivity index (χ0) is 30.5. The summed E-state index contributed by atoms with van der Waals surface area (Å²) >= 11 is 0. The maximum absolute atomic E-state index is 13.2. The number of hydrogen-bond donors (Lipinski definition) is 3. The maximum atomic E-state index is 13.2. The summed E-state index contributed by atoms with van der Waals surface area (Å²) in [5, 5.41) is 30.8. The third-order valence-electron chi connectivity index (χ3n) is 8.02. The number of allylic oxidation sites excluding steroid dienone is 1. The van der Waals surface area contributed by atoms with E-state index in [1.54, 1.807) is 6.92 Å². The SMILES string of the molecule is [2H]C([2H])([2H])C(O)(CCC[C@](C)(C/C=C\C(O)(C(F)(F)F)C(F)(F)F)[C@H]1CCC2[C@@H](O)CCC[C@@]21C)C([2H])([2H])[2H]. The molecule has 0 amide bonds. The topological polar surface area (TPSA) is 60.7 Å². The molecule has 0 spiro atoms. The van der Waals surface area contributed by atoms with Gasteiger partial charge >= 0.3 is 12.4 Å². The van der Waals surface area contributed by atoms with E-state index < -0.39 is 60.6 Å². The van der Waals surface area contributed by atoms with Crippen LogP contribution in [-0.2, 0) is 0 Å². The molecule has 2 fully saturated rings. The molecule has 194 valence electrons. The highest BCUT2D eigenvalue weighted by molar-refractivity contribution is 5.13. The number of halogens is 6. The van der Waals surface area contributed by atoms with Gasteiger partial charge in [0.1, 0.15) is 0 Å². The van der Waals surface area contributed by atoms with E-state index >= 15 is 0 Å². The van der Waals surface area contributed by atoms with E-state index in [1.165, 1.54) is 0 Å². The van der Waals surface area contributed by atoms with Gasteiger partial charge in [0.15, 0.2) is 0 Å². The summed E-state index contributed by atoms with van der Waals surface area (Å²) in [6.45, 7) is -3.01. The molecule has 0 aliphatic heterocycles. The molecule has 2 aliphatic rings. The Morgan fingerprint density at radius 1 is 1.00 bits per heavy atom. The van der Waals surface area contributed by atoms with E-state index in [9.17, 15) is 41.7 Å². The molecule has 0 heterocycles. The third-order valence-corrected chi connectivity index (χ3v) is 8.02. The lowest BCUT2D eigenvalue weighted by molar-refractivity contribution is -0.347. The Kier molecular flexibility index (Phi) is 5.77. The van der Waals surface area contributed by atoms with Gasteiger partial charge in [-0.05, 0) is 87.4 Å². The smallest absolute Gasteiger partial charge is 0.393 e. The van der Waals surface area contributed by atoms with E-state index in [-0.39, 0.29) is 37.2 Å². The average Bonchev–Trinajstić information content (AvgIpc) is 3.09. The number of alkyl halides is 6. The van der Waals surface area contributed by atoms with Gasteiger partial charge in [-0.1, -0.05) is 32.8 Å². The van der Waals surface area contributed by atoms with Crippen molar-refractivity contribution in [3.05, 3.63) is 12.2 Å². The molecule has 0 aromatic rings. The van der Waals surface area contributed by atoms with Crippen LogP contribution in [0.3, 0.4) is 0 Å². The number of fused-ring (bicyclic) bond motifs is 1. The van der Waals surface area contributed by atoms with E-state index in [0.717, 1.165) is 0 Å². The first-order valence-corrected chi connectivity index (χ1v) is 11.2. The monoisotopic (exact) mass is 494 g/mol. The molecule has 0 bridgehead atoms. The molecule has 3 nitrogen and oxygen atoms in total. The van der Waals surface area contributed by atoms with Gasteiger partial charge in [-0.25, -0.2) is 0 Å². The van der Waals surface area contributed by atoms with Crippen molar-refractivity contribution in [1.29, 1.82) is 0 Å². The minimum Gasteiger partial charge on any atom is -0.393 e. The fourth-order valence-electron chi connectivity index (χ4n) is 6.31. The Morgan fingerprint density at radius 3 is 2.15 bits per heavy atom. The zero-order valence-corrected chi connectivity index (χ0v) is 18.9. The second-order valence-electron chi connectivity index (χ2n) is 10.4. The largest absolute Gasteiger partial charge is 0.429 e. The molecule has 3 N–H and O–H groups in total. The summed E-state index contributed by atoms with van der Waals surface area (Å²) in [5.41, 5.74) is -9.73. The Bertz CT molecular complexity index is 860. The highest BCUT2D eigenvalue weighted by Gasteiger charge is 2.69. The van der Waals surface area contributed by atoms with Gasteiger partial charge in [0.25, 0.3) is 5.60 Å². The van der Waals surface area contributed by atoms with Crippen molar-refractivity contribution in [2.45, 2.75) is 115 Å². The molecule has 0 radical (unpaired) electrons. The number of hydrogen-bond acceptors (Lipinski definition) is 3. The Hall–Kier alpha value is -0.800. The van der Waals surface area contributed by atoms with Crippen molar-refractivity contribution in [3.63, 3.8) is 0 Å². The van der Waals surface area contributed by atoms with Gasteiger partial charge in [0.2, 0.25) is 0 Å². The van der Waals surface area contributed by atoms with Gasteiger partial charge in [-0.3, -0.25) is 0 Å². The van der Waals surface area contributed by atoms with Crippen molar-refractivity contribution >= 4 is 0 Å². The summed E-state index contributed by atoms with van der Waals surface area (Å²) in [5.74, 6) is -0.475. The molecule has 33 heavy (non-hydrogen) atoms. The minimum absolute atomic E-state index is 0.0225. The van der Waals surface area contributed by atoms with Gasteiger partial charge in [0.05, 0.1) is 11.7 Å². The molecule has 1 unspecified atom stereocenters. The van der Waals surface area contributed by atoms with Crippen LogP contribution in [0.4, 0.5) is 26.3 Å². The lowest BCUT2D eigenvalue weighted by Crippen LogP contribution is -2.55. The van der Waals surface area contributed by atoms with Crippen molar-refractivity contribution in [2.24, 2.45) is 22.7 Å². The van der Waals surface area contributed by atoms with Crippen LogP contribution in [-0.4, -0.2) is 45.0 Å². The zero-order valence-electron chi connectivity index (χ0n) is 24.9. The number of aliphatic hydroxyl groups is 3. The highest BCUT2D eigenvalue weighted by Crippen LogP contribution is 2.62. The lowest BCUT2D eigenvalue weighted by Gasteiger charge is -2.50. The highest BCUT2D eigenvalue weighted by atomic mass is 19.4. The summed E-state index contributed by atoms with van der Waals surface area (Å²) in [7, 11) is 0. The molecule has 2 saturated carbocycles. The predicted molar refractivity (Wildman–Crippen MR) is 113 cm³/mol. The minimum atomic E-state index is -6.04. The van der Waals surface area contributed by atoms with Gasteiger partial charge < -0.3 is 15.3 Å². The predicted octanol–water partition coefficient (Wildman–Crippen LogP) is 6.31. The van der Waals surface area contributed by atoms with Crippen LogP contribution in [0.5, 0.6) is 0 Å². The summed E-state index contributed by atoms with van der Waals surface area (Å²) in [6.07, 6.45) is -10.7. The quantitative estimate of drug-likeness (QED) is 0.274. The van der Waals surface area contributed by atoms with Crippen LogP contribution in [0, 0.1) is 22.7 Å². The van der Waals surface area contributed by atoms with Crippen LogP contribution in [0.2, 0.25) is 0 Å². The number of aliphatic hydroxyl groups excluding tert-OH is 1. The van der Waals surface area contributed by atoms with E-state index in [2.05, 4.69) is 0 Å². The normalized spacial score (nSPS) is 35.1. The van der Waals surface area contributed by atoms with Crippen LogP contribution in [0.25, 0.3) is 0 Å². The molecule has 0 aromatic heterocycles. The Balaban J connectivity index is 2.45. The van der Waals surface area contributed by atoms with Crippen LogP contribution in [0.1, 0.15) is 93.6 Å². The average molecular weight is 495 g/mol. The van der Waals surface area contributed by atoms with E-state index in [0.29, 0.717) is 38.2 Å². The van der Waals surface area contributed by atoms with Gasteiger partial charge in [-0.15, -0.1) is 0 Å². The van der Waals surface area contributed by atoms with Crippen LogP contribution in [0.15, 0.2) is 12.2 Å². The summed E-state index contributed by atoms with van der Waals surface area (Å²) in [4.78, 5) is 0. The molecule has 0 aromatic carbocycles.